The lowest BCUT2D eigenvalue weighted by Crippen LogP contribution is -2.49. The molecule has 2 fully saturated rings. The highest BCUT2D eigenvalue weighted by atomic mass is 16.5. The summed E-state index contributed by atoms with van der Waals surface area (Å²) in [4.78, 5) is 29.9. The molecule has 1 N–H and O–H groups in total. The first kappa shape index (κ1) is 21.6. The van der Waals surface area contributed by atoms with Gasteiger partial charge in [0, 0.05) is 19.0 Å². The van der Waals surface area contributed by atoms with Crippen LogP contribution in [0.25, 0.3) is 0 Å². The van der Waals surface area contributed by atoms with Gasteiger partial charge in [-0.05, 0) is 57.5 Å². The number of nitrogens with zero attached hydrogens (tertiary/aromatic N) is 2. The molecule has 6 nitrogen and oxygen atoms in total. The van der Waals surface area contributed by atoms with Gasteiger partial charge in [-0.15, -0.1) is 0 Å². The summed E-state index contributed by atoms with van der Waals surface area (Å²) in [5.74, 6) is 1.09. The number of likely N-dealkylation sites (tertiary alicyclic amines) is 1. The average Bonchev–Trinajstić information content (AvgIpc) is 3.24. The number of methoxy groups -OCH3 is 1. The number of amides is 2. The van der Waals surface area contributed by atoms with Crippen molar-refractivity contribution in [3.05, 3.63) is 29.8 Å². The van der Waals surface area contributed by atoms with Crippen LogP contribution in [0.4, 0.5) is 0 Å². The molecule has 1 saturated carbocycles. The zero-order valence-electron chi connectivity index (χ0n) is 18.0. The van der Waals surface area contributed by atoms with E-state index in [0.717, 1.165) is 49.8 Å². The van der Waals surface area contributed by atoms with Crippen LogP contribution in [0.3, 0.4) is 0 Å². The molecule has 2 unspecified atom stereocenters. The van der Waals surface area contributed by atoms with Gasteiger partial charge in [-0.3, -0.25) is 9.59 Å². The highest BCUT2D eigenvalue weighted by Gasteiger charge is 2.37. The molecular formula is C23H35N3O3. The Hall–Kier alpha value is -2.08. The summed E-state index contributed by atoms with van der Waals surface area (Å²) in [6, 6.07) is 7.66. The number of carbonyl (C=O) groups is 2. The second kappa shape index (κ2) is 10.1. The van der Waals surface area contributed by atoms with Crippen LogP contribution in [-0.4, -0.2) is 62.0 Å². The molecule has 6 heteroatoms. The molecule has 1 saturated heterocycles. The summed E-state index contributed by atoms with van der Waals surface area (Å²) in [5.41, 5.74) is 1.09. The molecule has 2 atom stereocenters. The van der Waals surface area contributed by atoms with Crippen molar-refractivity contribution in [1.82, 2.24) is 15.1 Å². The summed E-state index contributed by atoms with van der Waals surface area (Å²) in [5, 5.41) is 3.11. The number of benzene rings is 1. The first-order chi connectivity index (χ1) is 14.0. The van der Waals surface area contributed by atoms with Crippen LogP contribution in [0.1, 0.15) is 56.6 Å². The van der Waals surface area contributed by atoms with Gasteiger partial charge in [-0.1, -0.05) is 31.4 Å². The number of likely N-dealkylation sites (N-methyl/N-ethyl adjacent to an activating group) is 1. The van der Waals surface area contributed by atoms with Gasteiger partial charge in [-0.25, -0.2) is 0 Å². The second-order valence-electron chi connectivity index (χ2n) is 8.53. The molecule has 29 heavy (non-hydrogen) atoms. The molecule has 0 bridgehead atoms. The van der Waals surface area contributed by atoms with Gasteiger partial charge in [0.05, 0.1) is 13.2 Å². The molecule has 0 aromatic heterocycles. The normalized spacial score (nSPS) is 21.2. The summed E-state index contributed by atoms with van der Waals surface area (Å²) in [7, 11) is 5.67. The van der Waals surface area contributed by atoms with E-state index in [0.29, 0.717) is 13.1 Å². The van der Waals surface area contributed by atoms with Crippen LogP contribution < -0.4 is 10.1 Å². The fourth-order valence-corrected chi connectivity index (χ4v) is 4.65. The Morgan fingerprint density at radius 3 is 2.62 bits per heavy atom. The summed E-state index contributed by atoms with van der Waals surface area (Å²) >= 11 is 0. The van der Waals surface area contributed by atoms with Crippen LogP contribution in [0.5, 0.6) is 5.75 Å². The second-order valence-corrected chi connectivity index (χ2v) is 8.53. The Labute approximate surface area is 174 Å². The maximum atomic E-state index is 13.0. The quantitative estimate of drug-likeness (QED) is 0.763. The SMILES string of the molecule is COc1cccc(C(CNC(=O)C2CCCN2C(=O)C2CCCCC2)N(C)C)c1. The highest BCUT2D eigenvalue weighted by molar-refractivity contribution is 5.89. The number of rotatable bonds is 7. The third kappa shape index (κ3) is 5.30. The number of carbonyl (C=O) groups excluding carboxylic acids is 2. The zero-order valence-corrected chi connectivity index (χ0v) is 18.0. The van der Waals surface area contributed by atoms with E-state index >= 15 is 0 Å². The predicted molar refractivity (Wildman–Crippen MR) is 114 cm³/mol. The van der Waals surface area contributed by atoms with E-state index in [1.54, 1.807) is 7.11 Å². The van der Waals surface area contributed by atoms with E-state index in [-0.39, 0.29) is 29.8 Å². The largest absolute Gasteiger partial charge is 0.497 e. The van der Waals surface area contributed by atoms with Gasteiger partial charge < -0.3 is 19.9 Å². The van der Waals surface area contributed by atoms with Gasteiger partial charge >= 0.3 is 0 Å². The molecule has 2 amide bonds. The Kier molecular flexibility index (Phi) is 7.53. The van der Waals surface area contributed by atoms with Crippen LogP contribution in [-0.2, 0) is 9.59 Å². The van der Waals surface area contributed by atoms with Crippen molar-refractivity contribution in [1.29, 1.82) is 0 Å². The topological polar surface area (TPSA) is 61.9 Å². The predicted octanol–water partition coefficient (Wildman–Crippen LogP) is 2.99. The molecule has 1 aliphatic carbocycles. The van der Waals surface area contributed by atoms with Crippen molar-refractivity contribution >= 4 is 11.8 Å². The molecular weight excluding hydrogens is 366 g/mol. The molecule has 3 rings (SSSR count). The van der Waals surface area contributed by atoms with E-state index in [2.05, 4.69) is 10.2 Å². The monoisotopic (exact) mass is 401 g/mol. The van der Waals surface area contributed by atoms with E-state index in [9.17, 15) is 9.59 Å². The maximum Gasteiger partial charge on any atom is 0.242 e. The molecule has 2 aliphatic rings. The summed E-state index contributed by atoms with van der Waals surface area (Å²) in [6.07, 6.45) is 7.10. The fourth-order valence-electron chi connectivity index (χ4n) is 4.65. The fraction of sp³-hybridized carbons (Fsp3) is 0.652. The third-order valence-electron chi connectivity index (χ3n) is 6.36. The van der Waals surface area contributed by atoms with E-state index in [4.69, 9.17) is 4.74 Å². The summed E-state index contributed by atoms with van der Waals surface area (Å²) < 4.78 is 5.34. The minimum Gasteiger partial charge on any atom is -0.497 e. The van der Waals surface area contributed by atoms with Gasteiger partial charge in [-0.2, -0.15) is 0 Å². The zero-order chi connectivity index (χ0) is 20.8. The van der Waals surface area contributed by atoms with E-state index < -0.39 is 0 Å². The average molecular weight is 402 g/mol. The number of nitrogens with one attached hydrogen (secondary N) is 1. The minimum absolute atomic E-state index is 0.0265. The number of ether oxygens (including phenoxy) is 1. The molecule has 160 valence electrons. The van der Waals surface area contributed by atoms with Crippen molar-refractivity contribution in [2.75, 3.05) is 34.3 Å². The molecule has 1 aromatic rings. The van der Waals surface area contributed by atoms with Gasteiger partial charge in [0.2, 0.25) is 11.8 Å². The van der Waals surface area contributed by atoms with Gasteiger partial charge in [0.15, 0.2) is 0 Å². The smallest absolute Gasteiger partial charge is 0.242 e. The Morgan fingerprint density at radius 1 is 1.17 bits per heavy atom. The molecule has 1 heterocycles. The van der Waals surface area contributed by atoms with E-state index in [1.807, 2.05) is 43.3 Å². The molecule has 0 radical (unpaired) electrons. The van der Waals surface area contributed by atoms with Crippen LogP contribution in [0.15, 0.2) is 24.3 Å². The van der Waals surface area contributed by atoms with E-state index in [1.165, 1.54) is 6.42 Å². The van der Waals surface area contributed by atoms with Crippen molar-refractivity contribution in [3.8, 4) is 5.75 Å². The van der Waals surface area contributed by atoms with Gasteiger partial charge in [0.1, 0.15) is 11.8 Å². The lowest BCUT2D eigenvalue weighted by atomic mass is 9.88. The van der Waals surface area contributed by atoms with Crippen molar-refractivity contribution in [3.63, 3.8) is 0 Å². The molecule has 1 aromatic carbocycles. The van der Waals surface area contributed by atoms with Crippen molar-refractivity contribution in [2.45, 2.75) is 57.0 Å². The van der Waals surface area contributed by atoms with Crippen molar-refractivity contribution in [2.24, 2.45) is 5.92 Å². The van der Waals surface area contributed by atoms with Gasteiger partial charge in [0.25, 0.3) is 0 Å². The maximum absolute atomic E-state index is 13.0. The van der Waals surface area contributed by atoms with Crippen LogP contribution in [0, 0.1) is 5.92 Å². The Balaban J connectivity index is 1.62. The van der Waals surface area contributed by atoms with Crippen molar-refractivity contribution < 1.29 is 14.3 Å². The Bertz CT molecular complexity index is 700. The lowest BCUT2D eigenvalue weighted by molar-refractivity contribution is -0.142. The standard InChI is InChI=1S/C23H35N3O3/c1-25(2)21(18-11-7-12-19(15-18)29-3)16-24-22(27)20-13-8-14-26(20)23(28)17-9-5-4-6-10-17/h7,11-12,15,17,20-21H,4-6,8-10,13-14,16H2,1-3H3,(H,24,27). The number of hydrogen-bond donors (Lipinski definition) is 1. The third-order valence-corrected chi connectivity index (χ3v) is 6.36. The molecule has 1 aliphatic heterocycles. The first-order valence-corrected chi connectivity index (χ1v) is 10.9. The lowest BCUT2D eigenvalue weighted by Gasteiger charge is -2.31. The highest BCUT2D eigenvalue weighted by Crippen LogP contribution is 2.29. The Morgan fingerprint density at radius 2 is 1.93 bits per heavy atom. The molecule has 0 spiro atoms. The number of hydrogen-bond acceptors (Lipinski definition) is 4. The summed E-state index contributed by atoms with van der Waals surface area (Å²) in [6.45, 7) is 1.21. The van der Waals surface area contributed by atoms with Crippen LogP contribution >= 0.6 is 0 Å². The minimum atomic E-state index is -0.322. The van der Waals surface area contributed by atoms with Crippen LogP contribution in [0.2, 0.25) is 0 Å². The first-order valence-electron chi connectivity index (χ1n) is 10.9.